The molecule has 0 spiro atoms. The molecular weight excluding hydrogens is 286 g/mol. The topological polar surface area (TPSA) is 110 Å². The molecule has 0 fully saturated rings. The lowest BCUT2D eigenvalue weighted by Crippen LogP contribution is -2.28. The summed E-state index contributed by atoms with van der Waals surface area (Å²) in [5.41, 5.74) is 2.62. The van der Waals surface area contributed by atoms with Crippen LogP contribution in [0.15, 0.2) is 34.9 Å². The molecule has 102 valence electrons. The highest BCUT2D eigenvalue weighted by Crippen LogP contribution is 2.22. The molecule has 2 aromatic rings. The molecule has 0 aliphatic rings. The largest absolute Gasteiger partial charge is 0.323 e. The van der Waals surface area contributed by atoms with Gasteiger partial charge in [-0.05, 0) is 13.0 Å². The summed E-state index contributed by atoms with van der Waals surface area (Å²) in [6, 6.07) is 1.07. The van der Waals surface area contributed by atoms with Gasteiger partial charge in [-0.3, -0.25) is 10.8 Å². The van der Waals surface area contributed by atoms with E-state index in [0.29, 0.717) is 5.01 Å². The van der Waals surface area contributed by atoms with Gasteiger partial charge in [0.1, 0.15) is 9.90 Å². The van der Waals surface area contributed by atoms with Crippen LogP contribution in [0, 0.1) is 0 Å². The number of hydrogen-bond acceptors (Lipinski definition) is 7. The second-order valence-electron chi connectivity index (χ2n) is 3.73. The van der Waals surface area contributed by atoms with E-state index in [1.807, 2.05) is 0 Å². The zero-order chi connectivity index (χ0) is 13.9. The first-order chi connectivity index (χ1) is 9.04. The molecule has 4 N–H and O–H groups in total. The number of hydrogen-bond donors (Lipinski definition) is 3. The Morgan fingerprint density at radius 3 is 2.84 bits per heavy atom. The minimum atomic E-state index is -3.72. The summed E-state index contributed by atoms with van der Waals surface area (Å²) in [6.07, 6.45) is 4.33. The molecule has 1 atom stereocenters. The summed E-state index contributed by atoms with van der Waals surface area (Å²) in [4.78, 5) is 7.87. The maximum absolute atomic E-state index is 12.2. The quantitative estimate of drug-likeness (QED) is 0.558. The Balaban J connectivity index is 2.28. The molecule has 1 unspecified atom stereocenters. The number of nitrogen functional groups attached to an aromatic ring is 1. The summed E-state index contributed by atoms with van der Waals surface area (Å²) < 4.78 is 27.0. The van der Waals surface area contributed by atoms with Crippen molar-refractivity contribution in [3.63, 3.8) is 0 Å². The monoisotopic (exact) mass is 299 g/mol. The Bertz CT molecular complexity index is 642. The van der Waals surface area contributed by atoms with Crippen LogP contribution in [0.4, 0.5) is 5.69 Å². The highest BCUT2D eigenvalue weighted by Gasteiger charge is 2.22. The predicted octanol–water partition coefficient (Wildman–Crippen LogP) is 0.863. The number of nitrogens with one attached hydrogen (secondary N) is 2. The van der Waals surface area contributed by atoms with Gasteiger partial charge in [-0.25, -0.2) is 18.1 Å². The van der Waals surface area contributed by atoms with E-state index in [4.69, 9.17) is 5.84 Å². The molecule has 0 saturated heterocycles. The van der Waals surface area contributed by atoms with Crippen LogP contribution in [0.25, 0.3) is 0 Å². The number of aromatic nitrogens is 2. The van der Waals surface area contributed by atoms with E-state index in [1.165, 1.54) is 29.8 Å². The molecule has 0 saturated carbocycles. The average Bonchev–Trinajstić information content (AvgIpc) is 2.92. The SMILES string of the molecule is CC(NS(=O)(=O)c1cnccc1NN)c1nccs1. The maximum Gasteiger partial charge on any atom is 0.244 e. The summed E-state index contributed by atoms with van der Waals surface area (Å²) >= 11 is 1.38. The number of thiazole rings is 1. The van der Waals surface area contributed by atoms with Crippen molar-refractivity contribution in [3.05, 3.63) is 35.0 Å². The number of pyridine rings is 1. The van der Waals surface area contributed by atoms with E-state index in [9.17, 15) is 8.42 Å². The van der Waals surface area contributed by atoms with Crippen LogP contribution in [0.3, 0.4) is 0 Å². The van der Waals surface area contributed by atoms with Crippen molar-refractivity contribution in [1.29, 1.82) is 0 Å². The van der Waals surface area contributed by atoms with Gasteiger partial charge in [-0.2, -0.15) is 0 Å². The van der Waals surface area contributed by atoms with E-state index in [0.717, 1.165) is 0 Å². The van der Waals surface area contributed by atoms with Crippen LogP contribution in [0.2, 0.25) is 0 Å². The van der Waals surface area contributed by atoms with Crippen molar-refractivity contribution in [3.8, 4) is 0 Å². The molecule has 0 aliphatic heterocycles. The molecule has 2 aromatic heterocycles. The van der Waals surface area contributed by atoms with E-state index >= 15 is 0 Å². The fraction of sp³-hybridized carbons (Fsp3) is 0.200. The van der Waals surface area contributed by atoms with Gasteiger partial charge < -0.3 is 5.43 Å². The van der Waals surface area contributed by atoms with Crippen LogP contribution >= 0.6 is 11.3 Å². The van der Waals surface area contributed by atoms with E-state index in [2.05, 4.69) is 20.1 Å². The van der Waals surface area contributed by atoms with Crippen molar-refractivity contribution in [2.75, 3.05) is 5.43 Å². The van der Waals surface area contributed by atoms with Gasteiger partial charge in [0.2, 0.25) is 10.0 Å². The molecule has 0 aromatic carbocycles. The summed E-state index contributed by atoms with van der Waals surface area (Å²) in [5.74, 6) is 5.29. The normalized spacial score (nSPS) is 13.2. The third-order valence-corrected chi connectivity index (χ3v) is 4.91. The lowest BCUT2D eigenvalue weighted by molar-refractivity contribution is 0.566. The van der Waals surface area contributed by atoms with Crippen LogP contribution < -0.4 is 16.0 Å². The predicted molar refractivity (Wildman–Crippen MR) is 72.9 cm³/mol. The number of nitrogens with two attached hydrogens (primary N) is 1. The standard InChI is InChI=1S/C10H13N5O2S2/c1-7(10-13-4-5-18-10)15-19(16,17)9-6-12-3-2-8(9)14-11/h2-7,15H,11H2,1H3,(H,12,14). The Kier molecular flexibility index (Phi) is 4.10. The third-order valence-electron chi connectivity index (χ3n) is 2.38. The summed E-state index contributed by atoms with van der Waals surface area (Å²) in [5, 5.41) is 2.48. The van der Waals surface area contributed by atoms with Crippen molar-refractivity contribution in [2.24, 2.45) is 5.84 Å². The van der Waals surface area contributed by atoms with E-state index in [-0.39, 0.29) is 10.6 Å². The first kappa shape index (κ1) is 13.9. The molecule has 2 rings (SSSR count). The maximum atomic E-state index is 12.2. The van der Waals surface area contributed by atoms with Crippen LogP contribution in [0.1, 0.15) is 18.0 Å². The number of rotatable bonds is 5. The number of nitrogens with zero attached hydrogens (tertiary/aromatic N) is 2. The van der Waals surface area contributed by atoms with Crippen LogP contribution in [-0.2, 0) is 10.0 Å². The van der Waals surface area contributed by atoms with Gasteiger partial charge >= 0.3 is 0 Å². The number of sulfonamides is 1. The molecule has 2 heterocycles. The lowest BCUT2D eigenvalue weighted by atomic mass is 10.4. The third kappa shape index (κ3) is 3.07. The second-order valence-corrected chi connectivity index (χ2v) is 6.34. The zero-order valence-corrected chi connectivity index (χ0v) is 11.7. The Morgan fingerprint density at radius 2 is 2.21 bits per heavy atom. The lowest BCUT2D eigenvalue weighted by Gasteiger charge is -2.13. The Labute approximate surface area is 114 Å². The molecule has 0 bridgehead atoms. The molecule has 0 radical (unpaired) electrons. The fourth-order valence-corrected chi connectivity index (χ4v) is 3.55. The first-order valence-corrected chi connectivity index (χ1v) is 7.73. The Morgan fingerprint density at radius 1 is 1.42 bits per heavy atom. The van der Waals surface area contributed by atoms with Gasteiger partial charge in [0.15, 0.2) is 0 Å². The molecular formula is C10H13N5O2S2. The van der Waals surface area contributed by atoms with E-state index < -0.39 is 16.1 Å². The summed E-state index contributed by atoms with van der Waals surface area (Å²) in [7, 11) is -3.72. The average molecular weight is 299 g/mol. The second kappa shape index (κ2) is 5.61. The molecule has 19 heavy (non-hydrogen) atoms. The van der Waals surface area contributed by atoms with Crippen LogP contribution in [-0.4, -0.2) is 18.4 Å². The number of hydrazine groups is 1. The smallest absolute Gasteiger partial charge is 0.244 e. The van der Waals surface area contributed by atoms with Crippen LogP contribution in [0.5, 0.6) is 0 Å². The minimum absolute atomic E-state index is 0.000839. The molecule has 0 amide bonds. The highest BCUT2D eigenvalue weighted by molar-refractivity contribution is 7.89. The summed E-state index contributed by atoms with van der Waals surface area (Å²) in [6.45, 7) is 1.72. The number of anilines is 1. The van der Waals surface area contributed by atoms with Gasteiger partial charge in [0.05, 0.1) is 11.7 Å². The minimum Gasteiger partial charge on any atom is -0.323 e. The van der Waals surface area contributed by atoms with E-state index in [1.54, 1.807) is 18.5 Å². The fourth-order valence-electron chi connectivity index (χ4n) is 1.51. The van der Waals surface area contributed by atoms with Gasteiger partial charge in [-0.1, -0.05) is 0 Å². The van der Waals surface area contributed by atoms with Gasteiger partial charge in [0, 0.05) is 24.0 Å². The molecule has 0 aliphatic carbocycles. The zero-order valence-electron chi connectivity index (χ0n) is 10.1. The van der Waals surface area contributed by atoms with Crippen molar-refractivity contribution >= 4 is 27.0 Å². The molecule has 9 heteroatoms. The Hall–Kier alpha value is -1.55. The highest BCUT2D eigenvalue weighted by atomic mass is 32.2. The van der Waals surface area contributed by atoms with Crippen molar-refractivity contribution < 1.29 is 8.42 Å². The van der Waals surface area contributed by atoms with Crippen molar-refractivity contribution in [1.82, 2.24) is 14.7 Å². The van der Waals surface area contributed by atoms with Crippen molar-refractivity contribution in [2.45, 2.75) is 17.9 Å². The molecule has 7 nitrogen and oxygen atoms in total. The van der Waals surface area contributed by atoms with Gasteiger partial charge in [-0.15, -0.1) is 11.3 Å². The van der Waals surface area contributed by atoms with Gasteiger partial charge in [0.25, 0.3) is 0 Å². The first-order valence-electron chi connectivity index (χ1n) is 5.37.